The maximum atomic E-state index is 13.1. The van der Waals surface area contributed by atoms with Gasteiger partial charge in [-0.25, -0.2) is 8.42 Å². The van der Waals surface area contributed by atoms with Gasteiger partial charge in [0.05, 0.1) is 15.9 Å². The topological polar surface area (TPSA) is 124 Å². The van der Waals surface area contributed by atoms with Crippen LogP contribution in [0.2, 0.25) is 0 Å². The smallest absolute Gasteiger partial charge is 0.258 e. The van der Waals surface area contributed by atoms with E-state index in [0.717, 1.165) is 18.6 Å². The van der Waals surface area contributed by atoms with Crippen molar-refractivity contribution in [3.8, 4) is 0 Å². The normalized spacial score (nSPS) is 26.4. The molecule has 9 nitrogen and oxygen atoms in total. The van der Waals surface area contributed by atoms with Crippen LogP contribution in [0.4, 0.5) is 11.4 Å². The van der Waals surface area contributed by atoms with Gasteiger partial charge in [0.2, 0.25) is 10.0 Å². The summed E-state index contributed by atoms with van der Waals surface area (Å²) in [6, 6.07) is 2.41. The summed E-state index contributed by atoms with van der Waals surface area (Å²) in [6.45, 7) is 2.23. The van der Waals surface area contributed by atoms with Crippen LogP contribution >= 0.6 is 0 Å². The summed E-state index contributed by atoms with van der Waals surface area (Å²) in [5, 5.41) is 22.1. The van der Waals surface area contributed by atoms with E-state index in [4.69, 9.17) is 0 Å². The van der Waals surface area contributed by atoms with E-state index < -0.39 is 36.1 Å². The van der Waals surface area contributed by atoms with Gasteiger partial charge in [0.15, 0.2) is 4.90 Å². The summed E-state index contributed by atoms with van der Waals surface area (Å²) in [6.07, 6.45) is 5.45. The molecule has 10 heteroatoms. The molecule has 1 heterocycles. The number of nitro groups is 2. The Morgan fingerprint density at radius 2 is 1.92 bits per heavy atom. The van der Waals surface area contributed by atoms with Gasteiger partial charge >= 0.3 is 0 Å². The lowest BCUT2D eigenvalue weighted by Crippen LogP contribution is -2.38. The second kappa shape index (κ2) is 6.19. The van der Waals surface area contributed by atoms with E-state index in [9.17, 15) is 28.6 Å². The van der Waals surface area contributed by atoms with E-state index in [0.29, 0.717) is 12.5 Å². The highest BCUT2D eigenvalue weighted by Crippen LogP contribution is 2.41. The molecule has 1 aliphatic heterocycles. The molecule has 134 valence electrons. The molecule has 3 unspecified atom stereocenters. The number of nitro benzene ring substituents is 2. The van der Waals surface area contributed by atoms with Crippen LogP contribution in [0.3, 0.4) is 0 Å². The van der Waals surface area contributed by atoms with Crippen LogP contribution < -0.4 is 0 Å². The molecule has 0 spiro atoms. The molecule has 3 rings (SSSR count). The fourth-order valence-corrected chi connectivity index (χ4v) is 5.59. The van der Waals surface area contributed by atoms with E-state index in [-0.39, 0.29) is 24.4 Å². The zero-order valence-corrected chi connectivity index (χ0v) is 14.3. The lowest BCUT2D eigenvalue weighted by molar-refractivity contribution is -0.396. The standard InChI is InChI=1S/C15H17N3O6S/c1-10-9-16(13-5-3-2-4-12(10)13)25(23,24)15-7-6-11(17(19)20)8-14(15)18(21)22/h2,4,6-8,10,12-13H,3,5,9H2,1H3. The number of benzene rings is 1. The molecule has 0 bridgehead atoms. The van der Waals surface area contributed by atoms with Crippen LogP contribution in [-0.2, 0) is 10.0 Å². The summed E-state index contributed by atoms with van der Waals surface area (Å²) in [7, 11) is -4.12. The number of sulfonamides is 1. The largest absolute Gasteiger partial charge is 0.296 e. The number of nitrogens with zero attached hydrogens (tertiary/aromatic N) is 3. The van der Waals surface area contributed by atoms with E-state index in [1.165, 1.54) is 4.31 Å². The Balaban J connectivity index is 2.07. The molecule has 25 heavy (non-hydrogen) atoms. The van der Waals surface area contributed by atoms with Gasteiger partial charge in [-0.15, -0.1) is 0 Å². The molecule has 0 N–H and O–H groups in total. The Morgan fingerprint density at radius 1 is 1.20 bits per heavy atom. The molecule has 0 aromatic heterocycles. The highest BCUT2D eigenvalue weighted by Gasteiger charge is 2.46. The summed E-state index contributed by atoms with van der Waals surface area (Å²) in [5.41, 5.74) is -1.28. The van der Waals surface area contributed by atoms with Crippen molar-refractivity contribution in [1.29, 1.82) is 0 Å². The fraction of sp³-hybridized carbons (Fsp3) is 0.467. The Hall–Kier alpha value is -2.33. The van der Waals surface area contributed by atoms with Crippen molar-refractivity contribution in [2.45, 2.75) is 30.7 Å². The molecule has 1 aromatic rings. The second-order valence-electron chi connectivity index (χ2n) is 6.37. The molecule has 3 atom stereocenters. The molecule has 1 aromatic carbocycles. The van der Waals surface area contributed by atoms with Gasteiger partial charge in [-0.3, -0.25) is 20.2 Å². The third-order valence-electron chi connectivity index (χ3n) is 4.86. The van der Waals surface area contributed by atoms with E-state index in [2.05, 4.69) is 0 Å². The van der Waals surface area contributed by atoms with Gasteiger partial charge < -0.3 is 0 Å². The SMILES string of the molecule is CC1CN(S(=O)(=O)c2ccc([N+](=O)[O-])cc2[N+](=O)[O-])C2CCC=CC12. The van der Waals surface area contributed by atoms with Crippen LogP contribution in [0.5, 0.6) is 0 Å². The third kappa shape index (κ3) is 2.91. The first kappa shape index (κ1) is 17.5. The monoisotopic (exact) mass is 367 g/mol. The number of allylic oxidation sites excluding steroid dienone is 1. The number of non-ortho nitro benzene ring substituents is 1. The number of fused-ring (bicyclic) bond motifs is 1. The third-order valence-corrected chi connectivity index (χ3v) is 6.80. The van der Waals surface area contributed by atoms with Crippen molar-refractivity contribution < 1.29 is 18.3 Å². The molecule has 1 fully saturated rings. The predicted molar refractivity (Wildman–Crippen MR) is 88.5 cm³/mol. The molecule has 0 radical (unpaired) electrons. The second-order valence-corrected chi connectivity index (χ2v) is 8.23. The van der Waals surface area contributed by atoms with E-state index in [1.54, 1.807) is 0 Å². The summed E-state index contributed by atoms with van der Waals surface area (Å²) < 4.78 is 27.5. The quantitative estimate of drug-likeness (QED) is 0.457. The van der Waals surface area contributed by atoms with Crippen molar-refractivity contribution in [2.24, 2.45) is 11.8 Å². The number of rotatable bonds is 4. The molecule has 0 saturated carbocycles. The maximum Gasteiger partial charge on any atom is 0.296 e. The van der Waals surface area contributed by atoms with Crippen LogP contribution in [0, 0.1) is 32.1 Å². The van der Waals surface area contributed by atoms with Crippen LogP contribution in [0.25, 0.3) is 0 Å². The summed E-state index contributed by atoms with van der Waals surface area (Å²) in [5.74, 6) is 0.189. The maximum absolute atomic E-state index is 13.1. The van der Waals surface area contributed by atoms with Crippen LogP contribution in [0.15, 0.2) is 35.2 Å². The average Bonchev–Trinajstić information content (AvgIpc) is 2.92. The predicted octanol–water partition coefficient (Wildman–Crippen LogP) is 2.48. The van der Waals surface area contributed by atoms with Gasteiger partial charge in [0, 0.05) is 18.7 Å². The molecular weight excluding hydrogens is 350 g/mol. The molecule has 2 aliphatic rings. The van der Waals surface area contributed by atoms with Crippen molar-refractivity contribution in [1.82, 2.24) is 4.31 Å². The molecule has 1 saturated heterocycles. The molecule has 1 aliphatic carbocycles. The van der Waals surface area contributed by atoms with Gasteiger partial charge in [-0.2, -0.15) is 4.31 Å². The zero-order chi connectivity index (χ0) is 18.4. The minimum Gasteiger partial charge on any atom is -0.258 e. The highest BCUT2D eigenvalue weighted by atomic mass is 32.2. The minimum atomic E-state index is -4.12. The molecule has 0 amide bonds. The average molecular weight is 367 g/mol. The number of hydrogen-bond acceptors (Lipinski definition) is 6. The number of hydrogen-bond donors (Lipinski definition) is 0. The highest BCUT2D eigenvalue weighted by molar-refractivity contribution is 7.89. The van der Waals surface area contributed by atoms with Crippen molar-refractivity contribution in [3.63, 3.8) is 0 Å². The van der Waals surface area contributed by atoms with Crippen molar-refractivity contribution in [3.05, 3.63) is 50.6 Å². The van der Waals surface area contributed by atoms with Gasteiger partial charge in [0.25, 0.3) is 11.4 Å². The van der Waals surface area contributed by atoms with Gasteiger partial charge in [-0.05, 0) is 30.7 Å². The lowest BCUT2D eigenvalue weighted by atomic mass is 9.86. The Bertz CT molecular complexity index is 866. The Kier molecular flexibility index (Phi) is 4.33. The Morgan fingerprint density at radius 3 is 2.56 bits per heavy atom. The zero-order valence-electron chi connectivity index (χ0n) is 13.4. The van der Waals surface area contributed by atoms with Crippen molar-refractivity contribution >= 4 is 21.4 Å². The summed E-state index contributed by atoms with van der Waals surface area (Å²) >= 11 is 0. The van der Waals surface area contributed by atoms with Crippen LogP contribution in [-0.4, -0.2) is 35.2 Å². The first-order chi connectivity index (χ1) is 11.7. The summed E-state index contributed by atoms with van der Waals surface area (Å²) in [4.78, 5) is 20.0. The van der Waals surface area contributed by atoms with Gasteiger partial charge in [-0.1, -0.05) is 19.1 Å². The van der Waals surface area contributed by atoms with E-state index >= 15 is 0 Å². The first-order valence-corrected chi connectivity index (χ1v) is 9.29. The Labute approximate surface area is 144 Å². The lowest BCUT2D eigenvalue weighted by Gasteiger charge is -2.28. The van der Waals surface area contributed by atoms with Crippen LogP contribution in [0.1, 0.15) is 19.8 Å². The van der Waals surface area contributed by atoms with Gasteiger partial charge in [0.1, 0.15) is 0 Å². The van der Waals surface area contributed by atoms with Crippen molar-refractivity contribution in [2.75, 3.05) is 6.54 Å². The minimum absolute atomic E-state index is 0.0839. The van der Waals surface area contributed by atoms with E-state index in [1.807, 2.05) is 19.1 Å². The molecular formula is C15H17N3O6S. The first-order valence-electron chi connectivity index (χ1n) is 7.85. The fourth-order valence-electron chi connectivity index (χ4n) is 3.67.